The highest BCUT2D eigenvalue weighted by molar-refractivity contribution is 5.81. The van der Waals surface area contributed by atoms with Gasteiger partial charge < -0.3 is 9.47 Å². The molecule has 0 aliphatic rings. The zero-order chi connectivity index (χ0) is 19.4. The van der Waals surface area contributed by atoms with Crippen LogP contribution >= 0.6 is 0 Å². The second-order valence-corrected chi connectivity index (χ2v) is 5.38. The van der Waals surface area contributed by atoms with E-state index in [1.54, 1.807) is 18.2 Å². The number of benzene rings is 2. The van der Waals surface area contributed by atoms with E-state index in [-0.39, 0.29) is 5.56 Å². The highest BCUT2D eigenvalue weighted by Crippen LogP contribution is 2.28. The molecule has 0 aliphatic carbocycles. The SMILES string of the molecule is COc1ccc(-n2cc(F)c(/N=C/c3ccccc3F)nc2=O)cc1OC. The van der Waals surface area contributed by atoms with Gasteiger partial charge in [0.15, 0.2) is 23.1 Å². The van der Waals surface area contributed by atoms with Gasteiger partial charge in [0.2, 0.25) is 0 Å². The molecule has 0 bridgehead atoms. The van der Waals surface area contributed by atoms with E-state index in [2.05, 4.69) is 9.98 Å². The Balaban J connectivity index is 1.98. The number of ether oxygens (including phenoxy) is 2. The highest BCUT2D eigenvalue weighted by Gasteiger charge is 2.12. The second-order valence-electron chi connectivity index (χ2n) is 5.38. The number of hydrogen-bond donors (Lipinski definition) is 0. The predicted molar refractivity (Wildman–Crippen MR) is 96.6 cm³/mol. The van der Waals surface area contributed by atoms with Crippen LogP contribution in [-0.2, 0) is 0 Å². The summed E-state index contributed by atoms with van der Waals surface area (Å²) in [5, 5.41) is 0. The lowest BCUT2D eigenvalue weighted by atomic mass is 10.2. The summed E-state index contributed by atoms with van der Waals surface area (Å²) < 4.78 is 39.3. The van der Waals surface area contributed by atoms with Crippen molar-refractivity contribution >= 4 is 12.0 Å². The van der Waals surface area contributed by atoms with Crippen molar-refractivity contribution < 1.29 is 18.3 Å². The third kappa shape index (κ3) is 3.84. The molecule has 138 valence electrons. The fraction of sp³-hybridized carbons (Fsp3) is 0.105. The van der Waals surface area contributed by atoms with Gasteiger partial charge >= 0.3 is 5.69 Å². The maximum atomic E-state index is 14.4. The molecule has 8 heteroatoms. The monoisotopic (exact) mass is 371 g/mol. The van der Waals surface area contributed by atoms with E-state index in [0.717, 1.165) is 17.0 Å². The summed E-state index contributed by atoms with van der Waals surface area (Å²) in [6.07, 6.45) is 2.07. The summed E-state index contributed by atoms with van der Waals surface area (Å²) in [5.41, 5.74) is -0.249. The Morgan fingerprint density at radius 2 is 1.78 bits per heavy atom. The van der Waals surface area contributed by atoms with Crippen molar-refractivity contribution in [2.75, 3.05) is 14.2 Å². The first kappa shape index (κ1) is 18.2. The number of rotatable bonds is 5. The summed E-state index contributed by atoms with van der Waals surface area (Å²) in [4.78, 5) is 19.7. The molecule has 6 nitrogen and oxygen atoms in total. The maximum absolute atomic E-state index is 14.4. The lowest BCUT2D eigenvalue weighted by Gasteiger charge is -2.11. The molecule has 0 saturated carbocycles. The molecule has 3 rings (SSSR count). The summed E-state index contributed by atoms with van der Waals surface area (Å²) in [5.74, 6) is -0.935. The van der Waals surface area contributed by atoms with Gasteiger partial charge in [0, 0.05) is 17.8 Å². The van der Waals surface area contributed by atoms with E-state index in [4.69, 9.17) is 9.47 Å². The minimum Gasteiger partial charge on any atom is -0.493 e. The molecule has 0 spiro atoms. The van der Waals surface area contributed by atoms with E-state index in [1.807, 2.05) is 0 Å². The normalized spacial score (nSPS) is 11.0. The average Bonchev–Trinajstić information content (AvgIpc) is 2.68. The minimum absolute atomic E-state index is 0.155. The Morgan fingerprint density at radius 1 is 1.04 bits per heavy atom. The topological polar surface area (TPSA) is 65.7 Å². The Labute approximate surface area is 153 Å². The van der Waals surface area contributed by atoms with Gasteiger partial charge in [0.05, 0.1) is 26.1 Å². The summed E-state index contributed by atoms with van der Waals surface area (Å²) >= 11 is 0. The standard InChI is InChI=1S/C19H15F2N3O3/c1-26-16-8-7-13(9-17(16)27-2)24-11-15(21)18(23-19(24)25)22-10-12-5-3-4-6-14(12)20/h3-11H,1-2H3/b22-10+. The van der Waals surface area contributed by atoms with Crippen LogP contribution in [0.15, 0.2) is 58.4 Å². The Morgan fingerprint density at radius 3 is 2.48 bits per heavy atom. The molecule has 3 aromatic rings. The molecule has 27 heavy (non-hydrogen) atoms. The molecule has 0 fully saturated rings. The van der Waals surface area contributed by atoms with Crippen molar-refractivity contribution in [3.63, 3.8) is 0 Å². The van der Waals surface area contributed by atoms with Crippen molar-refractivity contribution in [1.82, 2.24) is 9.55 Å². The first-order chi connectivity index (χ1) is 13.0. The van der Waals surface area contributed by atoms with Crippen LogP contribution in [0.1, 0.15) is 5.56 Å². The van der Waals surface area contributed by atoms with Crippen LogP contribution < -0.4 is 15.2 Å². The van der Waals surface area contributed by atoms with E-state index >= 15 is 0 Å². The first-order valence-corrected chi connectivity index (χ1v) is 7.83. The first-order valence-electron chi connectivity index (χ1n) is 7.83. The van der Waals surface area contributed by atoms with Crippen LogP contribution in [0.25, 0.3) is 5.69 Å². The van der Waals surface area contributed by atoms with E-state index in [9.17, 15) is 13.6 Å². The number of aromatic nitrogens is 2. The van der Waals surface area contributed by atoms with Crippen LogP contribution in [0.3, 0.4) is 0 Å². The highest BCUT2D eigenvalue weighted by atomic mass is 19.1. The van der Waals surface area contributed by atoms with Crippen molar-refractivity contribution in [2.24, 2.45) is 4.99 Å². The molecule has 0 unspecified atom stereocenters. The lowest BCUT2D eigenvalue weighted by Crippen LogP contribution is -2.21. The van der Waals surface area contributed by atoms with Crippen molar-refractivity contribution in [2.45, 2.75) is 0 Å². The van der Waals surface area contributed by atoms with E-state index < -0.39 is 23.1 Å². The van der Waals surface area contributed by atoms with Gasteiger partial charge in [0.25, 0.3) is 0 Å². The van der Waals surface area contributed by atoms with Crippen LogP contribution in [0, 0.1) is 11.6 Å². The molecule has 0 radical (unpaired) electrons. The van der Waals surface area contributed by atoms with Gasteiger partial charge in [-0.05, 0) is 18.2 Å². The quantitative estimate of drug-likeness (QED) is 0.646. The molecule has 0 aliphatic heterocycles. The van der Waals surface area contributed by atoms with Gasteiger partial charge in [-0.1, -0.05) is 18.2 Å². The fourth-order valence-electron chi connectivity index (χ4n) is 2.38. The fourth-order valence-corrected chi connectivity index (χ4v) is 2.38. The van der Waals surface area contributed by atoms with Crippen LogP contribution in [0.4, 0.5) is 14.6 Å². The molecule has 0 saturated heterocycles. The average molecular weight is 371 g/mol. The van der Waals surface area contributed by atoms with Crippen molar-refractivity contribution in [3.8, 4) is 17.2 Å². The van der Waals surface area contributed by atoms with Gasteiger partial charge in [-0.2, -0.15) is 4.98 Å². The Bertz CT molecular complexity index is 1060. The van der Waals surface area contributed by atoms with Crippen molar-refractivity contribution in [3.05, 3.63) is 76.3 Å². The molecule has 1 aromatic heterocycles. The van der Waals surface area contributed by atoms with Gasteiger partial charge in [0.1, 0.15) is 5.82 Å². The maximum Gasteiger partial charge on any atom is 0.354 e. The van der Waals surface area contributed by atoms with Crippen LogP contribution in [0.5, 0.6) is 11.5 Å². The number of hydrogen-bond acceptors (Lipinski definition) is 5. The number of halogens is 2. The summed E-state index contributed by atoms with van der Waals surface area (Å²) in [7, 11) is 2.93. The third-order valence-electron chi connectivity index (χ3n) is 3.74. The molecule has 0 amide bonds. The zero-order valence-corrected chi connectivity index (χ0v) is 14.5. The van der Waals surface area contributed by atoms with E-state index in [1.165, 1.54) is 38.5 Å². The largest absolute Gasteiger partial charge is 0.493 e. The van der Waals surface area contributed by atoms with Crippen molar-refractivity contribution in [1.29, 1.82) is 0 Å². The molecular formula is C19H15F2N3O3. The molecule has 1 heterocycles. The third-order valence-corrected chi connectivity index (χ3v) is 3.74. The second kappa shape index (κ2) is 7.77. The molecular weight excluding hydrogens is 356 g/mol. The summed E-state index contributed by atoms with van der Waals surface area (Å²) in [6, 6.07) is 10.5. The predicted octanol–water partition coefficient (Wildman–Crippen LogP) is 3.28. The van der Waals surface area contributed by atoms with Crippen LogP contribution in [-0.4, -0.2) is 30.0 Å². The number of nitrogens with zero attached hydrogens (tertiary/aromatic N) is 3. The lowest BCUT2D eigenvalue weighted by molar-refractivity contribution is 0.355. The smallest absolute Gasteiger partial charge is 0.354 e. The molecule has 0 N–H and O–H groups in total. The zero-order valence-electron chi connectivity index (χ0n) is 14.5. The molecule has 0 atom stereocenters. The Hall–Kier alpha value is -3.55. The molecule has 2 aromatic carbocycles. The van der Waals surface area contributed by atoms with Gasteiger partial charge in [-0.25, -0.2) is 18.6 Å². The Kier molecular flexibility index (Phi) is 5.25. The minimum atomic E-state index is -0.836. The number of aliphatic imine (C=N–C) groups is 1. The number of methoxy groups -OCH3 is 2. The summed E-state index contributed by atoms with van der Waals surface area (Å²) in [6.45, 7) is 0. The van der Waals surface area contributed by atoms with Crippen LogP contribution in [0.2, 0.25) is 0 Å². The van der Waals surface area contributed by atoms with Gasteiger partial charge in [-0.3, -0.25) is 4.57 Å². The van der Waals surface area contributed by atoms with E-state index in [0.29, 0.717) is 17.2 Å². The van der Waals surface area contributed by atoms with Gasteiger partial charge in [-0.15, -0.1) is 0 Å².